The van der Waals surface area contributed by atoms with E-state index in [4.69, 9.17) is 5.73 Å². The first-order valence-electron chi connectivity index (χ1n) is 5.72. The fraction of sp³-hybridized carbons (Fsp3) is 1.00. The zero-order chi connectivity index (χ0) is 9.68. The van der Waals surface area contributed by atoms with E-state index in [1.54, 1.807) is 0 Å². The molecular weight excluding hydrogens is 160 g/mol. The van der Waals surface area contributed by atoms with Gasteiger partial charge in [0.25, 0.3) is 0 Å². The summed E-state index contributed by atoms with van der Waals surface area (Å²) in [7, 11) is 0. The van der Waals surface area contributed by atoms with Crippen molar-refractivity contribution in [2.45, 2.75) is 45.6 Å². The van der Waals surface area contributed by atoms with Crippen molar-refractivity contribution in [2.24, 2.45) is 11.7 Å². The van der Waals surface area contributed by atoms with Gasteiger partial charge in [0, 0.05) is 12.6 Å². The van der Waals surface area contributed by atoms with Crippen molar-refractivity contribution >= 4 is 0 Å². The molecule has 2 N–H and O–H groups in total. The minimum atomic E-state index is 0.378. The van der Waals surface area contributed by atoms with E-state index in [0.29, 0.717) is 12.0 Å². The van der Waals surface area contributed by atoms with Crippen LogP contribution in [0.1, 0.15) is 39.5 Å². The van der Waals surface area contributed by atoms with Crippen LogP contribution in [-0.2, 0) is 0 Å². The highest BCUT2D eigenvalue weighted by Crippen LogP contribution is 2.12. The zero-order valence-electron chi connectivity index (χ0n) is 9.13. The molecule has 1 rings (SSSR count). The fourth-order valence-corrected chi connectivity index (χ4v) is 1.92. The highest BCUT2D eigenvalue weighted by atomic mass is 15.1. The van der Waals surface area contributed by atoms with Gasteiger partial charge in [0.05, 0.1) is 0 Å². The number of hydrogen-bond acceptors (Lipinski definition) is 2. The third-order valence-corrected chi connectivity index (χ3v) is 3.29. The maximum Gasteiger partial charge on any atom is 0.0193 e. The van der Waals surface area contributed by atoms with Gasteiger partial charge in [-0.2, -0.15) is 0 Å². The largest absolute Gasteiger partial charge is 0.326 e. The predicted octanol–water partition coefficient (Wildman–Crippen LogP) is 1.85. The van der Waals surface area contributed by atoms with E-state index in [2.05, 4.69) is 18.7 Å². The van der Waals surface area contributed by atoms with Gasteiger partial charge in [-0.05, 0) is 31.8 Å². The number of nitrogens with two attached hydrogens (primary N) is 1. The molecule has 13 heavy (non-hydrogen) atoms. The smallest absolute Gasteiger partial charge is 0.0193 e. The molecule has 1 saturated heterocycles. The molecule has 0 aliphatic carbocycles. The van der Waals surface area contributed by atoms with Gasteiger partial charge in [-0.1, -0.05) is 26.7 Å². The Morgan fingerprint density at radius 3 is 2.38 bits per heavy atom. The van der Waals surface area contributed by atoms with Crippen molar-refractivity contribution < 1.29 is 0 Å². The molecule has 2 unspecified atom stereocenters. The van der Waals surface area contributed by atoms with Crippen molar-refractivity contribution in [2.75, 3.05) is 19.6 Å². The van der Waals surface area contributed by atoms with Crippen LogP contribution >= 0.6 is 0 Å². The zero-order valence-corrected chi connectivity index (χ0v) is 9.13. The molecule has 0 amide bonds. The van der Waals surface area contributed by atoms with Crippen LogP contribution in [0.5, 0.6) is 0 Å². The molecule has 1 aliphatic heterocycles. The SMILES string of the molecule is CCC(C)C(N)CN1CCCCC1. The number of nitrogens with zero attached hydrogens (tertiary/aromatic N) is 1. The number of piperidine rings is 1. The molecule has 0 aromatic heterocycles. The lowest BCUT2D eigenvalue weighted by Gasteiger charge is -2.30. The molecule has 0 saturated carbocycles. The van der Waals surface area contributed by atoms with E-state index in [0.717, 1.165) is 6.54 Å². The topological polar surface area (TPSA) is 29.3 Å². The molecule has 2 heteroatoms. The van der Waals surface area contributed by atoms with E-state index < -0.39 is 0 Å². The Morgan fingerprint density at radius 2 is 1.85 bits per heavy atom. The van der Waals surface area contributed by atoms with Gasteiger partial charge < -0.3 is 10.6 Å². The van der Waals surface area contributed by atoms with Gasteiger partial charge in [0.15, 0.2) is 0 Å². The summed E-state index contributed by atoms with van der Waals surface area (Å²) in [4.78, 5) is 2.53. The first-order chi connectivity index (χ1) is 6.24. The molecule has 0 aromatic carbocycles. The molecule has 0 bridgehead atoms. The summed E-state index contributed by atoms with van der Waals surface area (Å²) >= 11 is 0. The van der Waals surface area contributed by atoms with E-state index in [-0.39, 0.29) is 0 Å². The summed E-state index contributed by atoms with van der Waals surface area (Å²) < 4.78 is 0. The summed E-state index contributed by atoms with van der Waals surface area (Å²) in [6, 6.07) is 0.378. The van der Waals surface area contributed by atoms with E-state index >= 15 is 0 Å². The number of likely N-dealkylation sites (tertiary alicyclic amines) is 1. The average Bonchev–Trinajstić information content (AvgIpc) is 2.18. The summed E-state index contributed by atoms with van der Waals surface area (Å²) in [5.74, 6) is 0.668. The molecule has 78 valence electrons. The lowest BCUT2D eigenvalue weighted by molar-refractivity contribution is 0.198. The van der Waals surface area contributed by atoms with Gasteiger partial charge in [-0.25, -0.2) is 0 Å². The Labute approximate surface area is 82.5 Å². The molecule has 0 radical (unpaired) electrons. The van der Waals surface area contributed by atoms with E-state index in [1.165, 1.54) is 38.8 Å². The number of hydrogen-bond donors (Lipinski definition) is 1. The van der Waals surface area contributed by atoms with Gasteiger partial charge in [0.2, 0.25) is 0 Å². The Balaban J connectivity index is 2.21. The van der Waals surface area contributed by atoms with Gasteiger partial charge in [0.1, 0.15) is 0 Å². The highest BCUT2D eigenvalue weighted by molar-refractivity contribution is 4.74. The minimum Gasteiger partial charge on any atom is -0.326 e. The van der Waals surface area contributed by atoms with Crippen LogP contribution in [0.4, 0.5) is 0 Å². The quantitative estimate of drug-likeness (QED) is 0.722. The second-order valence-electron chi connectivity index (χ2n) is 4.41. The third-order valence-electron chi connectivity index (χ3n) is 3.29. The lowest BCUT2D eigenvalue weighted by atomic mass is 9.99. The summed E-state index contributed by atoms with van der Waals surface area (Å²) in [6.07, 6.45) is 5.35. The molecule has 2 atom stereocenters. The first-order valence-corrected chi connectivity index (χ1v) is 5.72. The van der Waals surface area contributed by atoms with Crippen molar-refractivity contribution in [3.8, 4) is 0 Å². The Morgan fingerprint density at radius 1 is 1.23 bits per heavy atom. The monoisotopic (exact) mass is 184 g/mol. The highest BCUT2D eigenvalue weighted by Gasteiger charge is 2.16. The fourth-order valence-electron chi connectivity index (χ4n) is 1.92. The third kappa shape index (κ3) is 3.65. The molecule has 1 heterocycles. The average molecular weight is 184 g/mol. The van der Waals surface area contributed by atoms with Crippen molar-refractivity contribution in [3.05, 3.63) is 0 Å². The van der Waals surface area contributed by atoms with Crippen LogP contribution in [0.15, 0.2) is 0 Å². The van der Waals surface area contributed by atoms with Crippen LogP contribution in [0.3, 0.4) is 0 Å². The Hall–Kier alpha value is -0.0800. The molecule has 1 aliphatic rings. The summed E-state index contributed by atoms with van der Waals surface area (Å²) in [6.45, 7) is 8.12. The van der Waals surface area contributed by atoms with E-state index in [9.17, 15) is 0 Å². The minimum absolute atomic E-state index is 0.378. The normalized spacial score (nSPS) is 24.2. The van der Waals surface area contributed by atoms with Crippen molar-refractivity contribution in [1.29, 1.82) is 0 Å². The molecule has 2 nitrogen and oxygen atoms in total. The van der Waals surface area contributed by atoms with Gasteiger partial charge in [-0.15, -0.1) is 0 Å². The maximum absolute atomic E-state index is 6.12. The first kappa shape index (κ1) is 11.0. The standard InChI is InChI=1S/C11H24N2/c1-3-10(2)11(12)9-13-7-5-4-6-8-13/h10-11H,3-9,12H2,1-2H3. The predicted molar refractivity (Wildman–Crippen MR) is 57.7 cm³/mol. The van der Waals surface area contributed by atoms with Crippen LogP contribution in [0.2, 0.25) is 0 Å². The number of rotatable bonds is 4. The Bertz CT molecular complexity index is 130. The molecular formula is C11H24N2. The van der Waals surface area contributed by atoms with Gasteiger partial charge in [-0.3, -0.25) is 0 Å². The van der Waals surface area contributed by atoms with Crippen molar-refractivity contribution in [1.82, 2.24) is 4.90 Å². The lowest BCUT2D eigenvalue weighted by Crippen LogP contribution is -2.43. The van der Waals surface area contributed by atoms with E-state index in [1.807, 2.05) is 0 Å². The molecule has 0 aromatic rings. The maximum atomic E-state index is 6.12. The van der Waals surface area contributed by atoms with Crippen LogP contribution < -0.4 is 5.73 Å². The second kappa shape index (κ2) is 5.61. The Kier molecular flexibility index (Phi) is 4.74. The van der Waals surface area contributed by atoms with Gasteiger partial charge >= 0.3 is 0 Å². The second-order valence-corrected chi connectivity index (χ2v) is 4.41. The molecule has 0 spiro atoms. The van der Waals surface area contributed by atoms with Crippen molar-refractivity contribution in [3.63, 3.8) is 0 Å². The summed E-state index contributed by atoms with van der Waals surface area (Å²) in [5.41, 5.74) is 6.12. The molecule has 1 fully saturated rings. The van der Waals surface area contributed by atoms with Crippen LogP contribution in [0.25, 0.3) is 0 Å². The van der Waals surface area contributed by atoms with Crippen LogP contribution in [0, 0.1) is 5.92 Å². The summed E-state index contributed by atoms with van der Waals surface area (Å²) in [5, 5.41) is 0. The van der Waals surface area contributed by atoms with Crippen LogP contribution in [-0.4, -0.2) is 30.6 Å².